The van der Waals surface area contributed by atoms with Crippen LogP contribution in [0, 0.1) is 5.92 Å². The molecule has 1 saturated carbocycles. The topological polar surface area (TPSA) is 124 Å². The first-order valence-electron chi connectivity index (χ1n) is 14.3. The van der Waals surface area contributed by atoms with Gasteiger partial charge in [-0.25, -0.2) is 4.98 Å². The number of rotatable bonds is 10. The molecule has 42 heavy (non-hydrogen) atoms. The summed E-state index contributed by atoms with van der Waals surface area (Å²) in [5.41, 5.74) is 9.66. The third-order valence-electron chi connectivity index (χ3n) is 7.70. The first-order chi connectivity index (χ1) is 20.5. The van der Waals surface area contributed by atoms with Gasteiger partial charge in [-0.3, -0.25) is 14.4 Å². The van der Waals surface area contributed by atoms with Crippen LogP contribution in [0.3, 0.4) is 0 Å². The van der Waals surface area contributed by atoms with E-state index in [1.54, 1.807) is 23.0 Å². The Hall–Kier alpha value is -4.15. The van der Waals surface area contributed by atoms with Crippen LogP contribution in [0.1, 0.15) is 36.9 Å². The quantitative estimate of drug-likeness (QED) is 0.186. The zero-order valence-electron chi connectivity index (χ0n) is 23.6. The summed E-state index contributed by atoms with van der Waals surface area (Å²) in [6.07, 6.45) is 9.62. The van der Waals surface area contributed by atoms with E-state index in [9.17, 15) is 4.79 Å². The summed E-state index contributed by atoms with van der Waals surface area (Å²) in [4.78, 5) is 27.7. The minimum atomic E-state index is -0.177. The van der Waals surface area contributed by atoms with Crippen LogP contribution in [0.5, 0.6) is 5.75 Å². The highest BCUT2D eigenvalue weighted by Gasteiger charge is 2.25. The van der Waals surface area contributed by atoms with Crippen LogP contribution < -0.4 is 26.7 Å². The van der Waals surface area contributed by atoms with Gasteiger partial charge in [0.25, 0.3) is 5.56 Å². The van der Waals surface area contributed by atoms with Crippen molar-refractivity contribution in [1.82, 2.24) is 24.4 Å². The molecule has 0 spiro atoms. The molecule has 4 N–H and O–H groups in total. The number of aliphatic imine (C=N–C) groups is 1. The Balaban J connectivity index is 1.28. The summed E-state index contributed by atoms with van der Waals surface area (Å²) in [5, 5.41) is 7.36. The first kappa shape index (κ1) is 28.0. The molecular formula is C31H35ClN8O2. The predicted molar refractivity (Wildman–Crippen MR) is 168 cm³/mol. The average molecular weight is 587 g/mol. The largest absolute Gasteiger partial charge is 0.490 e. The van der Waals surface area contributed by atoms with E-state index in [-0.39, 0.29) is 17.5 Å². The fourth-order valence-corrected chi connectivity index (χ4v) is 5.37. The van der Waals surface area contributed by atoms with Gasteiger partial charge < -0.3 is 25.7 Å². The van der Waals surface area contributed by atoms with Gasteiger partial charge in [-0.1, -0.05) is 0 Å². The Kier molecular flexibility index (Phi) is 8.25. The summed E-state index contributed by atoms with van der Waals surface area (Å²) in [6.45, 7) is 2.55. The van der Waals surface area contributed by atoms with Crippen LogP contribution in [0.25, 0.3) is 16.7 Å². The van der Waals surface area contributed by atoms with Crippen molar-refractivity contribution in [1.29, 1.82) is 0 Å². The van der Waals surface area contributed by atoms with Crippen LogP contribution in [0.15, 0.2) is 70.8 Å². The first-order valence-corrected chi connectivity index (χ1v) is 14.9. The van der Waals surface area contributed by atoms with E-state index in [4.69, 9.17) is 27.1 Å². The third-order valence-corrected chi connectivity index (χ3v) is 7.95. The number of fused-ring (bicyclic) bond motifs is 1. The number of nitrogens with two attached hydrogens (primary N) is 1. The molecule has 1 aromatic carbocycles. The van der Waals surface area contributed by atoms with E-state index in [0.717, 1.165) is 61.3 Å². The lowest BCUT2D eigenvalue weighted by molar-refractivity contribution is 0.162. The molecule has 10 nitrogen and oxygen atoms in total. The van der Waals surface area contributed by atoms with Crippen molar-refractivity contribution in [3.05, 3.63) is 82.7 Å². The lowest BCUT2D eigenvalue weighted by atomic mass is 10.1. The molecule has 1 aliphatic carbocycles. The number of ether oxygens (including phenoxy) is 1. The van der Waals surface area contributed by atoms with Crippen LogP contribution in [-0.4, -0.2) is 49.9 Å². The van der Waals surface area contributed by atoms with E-state index in [0.29, 0.717) is 41.0 Å². The minimum absolute atomic E-state index is 0.0545. The van der Waals surface area contributed by atoms with Gasteiger partial charge in [-0.15, -0.1) is 11.6 Å². The minimum Gasteiger partial charge on any atom is -0.490 e. The summed E-state index contributed by atoms with van der Waals surface area (Å²) in [7, 11) is 1.91. The fraction of sp³-hybridized carbons (Fsp3) is 0.355. The highest BCUT2D eigenvalue weighted by atomic mass is 35.5. The normalized spacial score (nSPS) is 16.6. The second-order valence-electron chi connectivity index (χ2n) is 10.9. The predicted octanol–water partition coefficient (Wildman–Crippen LogP) is 4.40. The van der Waals surface area contributed by atoms with Gasteiger partial charge >= 0.3 is 0 Å². The maximum atomic E-state index is 13.8. The van der Waals surface area contributed by atoms with Gasteiger partial charge in [0.2, 0.25) is 5.95 Å². The Morgan fingerprint density at radius 3 is 2.69 bits per heavy atom. The second kappa shape index (κ2) is 12.4. The summed E-state index contributed by atoms with van der Waals surface area (Å²) in [6, 6.07) is 13.4. The highest BCUT2D eigenvalue weighted by Crippen LogP contribution is 2.31. The van der Waals surface area contributed by atoms with Crippen molar-refractivity contribution < 1.29 is 4.74 Å². The summed E-state index contributed by atoms with van der Waals surface area (Å²) < 4.78 is 9.75. The lowest BCUT2D eigenvalue weighted by Crippen LogP contribution is -2.34. The van der Waals surface area contributed by atoms with Gasteiger partial charge in [-0.05, 0) is 87.2 Å². The third kappa shape index (κ3) is 6.34. The molecule has 1 saturated heterocycles. The SMILES string of the molecule is Cn1cccc1/C(N)=C/N=C(\CCl)c1cc2cnc(Nc3ccc(OC4CCNCC4)cc3)nc2n(CC2CC2)c1=O. The van der Waals surface area contributed by atoms with Crippen LogP contribution in [0.4, 0.5) is 11.6 Å². The molecule has 2 fully saturated rings. The fourth-order valence-electron chi connectivity index (χ4n) is 5.16. The van der Waals surface area contributed by atoms with Gasteiger partial charge in [-0.2, -0.15) is 4.98 Å². The van der Waals surface area contributed by atoms with Crippen molar-refractivity contribution in [3.63, 3.8) is 0 Å². The van der Waals surface area contributed by atoms with E-state index in [2.05, 4.69) is 20.6 Å². The molecule has 2 aliphatic rings. The van der Waals surface area contributed by atoms with Gasteiger partial charge in [0, 0.05) is 37.1 Å². The number of nitrogens with zero attached hydrogens (tertiary/aromatic N) is 5. The van der Waals surface area contributed by atoms with E-state index in [1.807, 2.05) is 54.2 Å². The second-order valence-corrected chi connectivity index (χ2v) is 11.2. The zero-order valence-corrected chi connectivity index (χ0v) is 24.3. The number of nitrogens with one attached hydrogen (secondary N) is 2. The van der Waals surface area contributed by atoms with Crippen molar-refractivity contribution >= 4 is 45.7 Å². The zero-order chi connectivity index (χ0) is 29.1. The number of halogens is 1. The number of piperidine rings is 1. The highest BCUT2D eigenvalue weighted by molar-refractivity contribution is 6.32. The number of hydrogen-bond acceptors (Lipinski definition) is 8. The number of anilines is 2. The van der Waals surface area contributed by atoms with Crippen molar-refractivity contribution in [3.8, 4) is 5.75 Å². The maximum absolute atomic E-state index is 13.8. The number of pyridine rings is 1. The van der Waals surface area contributed by atoms with E-state index < -0.39 is 0 Å². The summed E-state index contributed by atoms with van der Waals surface area (Å²) in [5.74, 6) is 1.76. The number of hydrogen-bond donors (Lipinski definition) is 3. The van der Waals surface area contributed by atoms with Crippen molar-refractivity contribution in [2.24, 2.45) is 23.7 Å². The molecule has 218 valence electrons. The van der Waals surface area contributed by atoms with Crippen molar-refractivity contribution in [2.45, 2.75) is 38.3 Å². The molecule has 1 aliphatic heterocycles. The van der Waals surface area contributed by atoms with E-state index in [1.165, 1.54) is 0 Å². The van der Waals surface area contributed by atoms with E-state index >= 15 is 0 Å². The average Bonchev–Trinajstić information content (AvgIpc) is 3.73. The number of aromatic nitrogens is 4. The Morgan fingerprint density at radius 1 is 1.21 bits per heavy atom. The maximum Gasteiger partial charge on any atom is 0.261 e. The Labute approximate surface area is 249 Å². The monoisotopic (exact) mass is 586 g/mol. The lowest BCUT2D eigenvalue weighted by Gasteiger charge is -2.23. The number of alkyl halides is 1. The Morgan fingerprint density at radius 2 is 2.00 bits per heavy atom. The van der Waals surface area contributed by atoms with Gasteiger partial charge in [0.1, 0.15) is 17.5 Å². The van der Waals surface area contributed by atoms with Crippen LogP contribution in [0.2, 0.25) is 0 Å². The molecule has 0 radical (unpaired) electrons. The molecule has 4 heterocycles. The molecule has 11 heteroatoms. The molecule has 6 rings (SSSR count). The number of benzene rings is 1. The molecule has 0 amide bonds. The molecule has 3 aromatic heterocycles. The van der Waals surface area contributed by atoms with Gasteiger partial charge in [0.15, 0.2) is 0 Å². The van der Waals surface area contributed by atoms with Gasteiger partial charge in [0.05, 0.1) is 34.7 Å². The molecule has 4 aromatic rings. The van der Waals surface area contributed by atoms with Crippen LogP contribution >= 0.6 is 11.6 Å². The molecule has 0 atom stereocenters. The van der Waals surface area contributed by atoms with Crippen molar-refractivity contribution in [2.75, 3.05) is 24.3 Å². The molecular weight excluding hydrogens is 552 g/mol. The van der Waals surface area contributed by atoms with Crippen LogP contribution in [-0.2, 0) is 13.6 Å². The smallest absolute Gasteiger partial charge is 0.261 e. The molecule has 0 bridgehead atoms. The summed E-state index contributed by atoms with van der Waals surface area (Å²) >= 11 is 6.31. The number of aryl methyl sites for hydroxylation is 1. The molecule has 0 unspecified atom stereocenters. The standard InChI is InChI=1S/C31H35ClN8O2/c1-39-14-2-3-28(39)26(33)18-35-27(16-32)25-15-21-17-36-31(38-29(21)40(30(25)41)19-20-4-5-20)37-22-6-8-23(9-7-22)42-24-10-12-34-13-11-24/h2-3,6-9,14-15,17-18,20,24,34H,4-5,10-13,16,19,33H2,1H3,(H,36,37,38)/b26-18-,35-27+. The Bertz CT molecular complexity index is 1680.